The number of nitrogens with zero attached hydrogens (tertiary/aromatic N) is 1. The second kappa shape index (κ2) is 6.88. The summed E-state index contributed by atoms with van der Waals surface area (Å²) in [5.41, 5.74) is 6.36. The van der Waals surface area contributed by atoms with Gasteiger partial charge in [-0.25, -0.2) is 16.8 Å². The molecule has 0 bridgehead atoms. The van der Waals surface area contributed by atoms with E-state index < -0.39 is 19.9 Å². The van der Waals surface area contributed by atoms with Crippen LogP contribution in [0.2, 0.25) is 0 Å². The summed E-state index contributed by atoms with van der Waals surface area (Å²) in [4.78, 5) is 0.183. The SMILES string of the molecule is C[C@H]1CCCN(S(=O)(=O)c2ccc(CS(C)(=O)=O)cc2)[C@H]1CN. The lowest BCUT2D eigenvalue weighted by Crippen LogP contribution is -2.51. The van der Waals surface area contributed by atoms with Gasteiger partial charge in [-0.15, -0.1) is 0 Å². The minimum absolute atomic E-state index is 0.0977. The van der Waals surface area contributed by atoms with Gasteiger partial charge in [0.15, 0.2) is 9.84 Å². The quantitative estimate of drug-likeness (QED) is 0.844. The number of sulfonamides is 1. The molecule has 23 heavy (non-hydrogen) atoms. The monoisotopic (exact) mass is 360 g/mol. The van der Waals surface area contributed by atoms with Crippen LogP contribution in [0, 0.1) is 5.92 Å². The van der Waals surface area contributed by atoms with Crippen molar-refractivity contribution >= 4 is 19.9 Å². The van der Waals surface area contributed by atoms with Gasteiger partial charge in [0.25, 0.3) is 0 Å². The van der Waals surface area contributed by atoms with E-state index in [4.69, 9.17) is 5.73 Å². The van der Waals surface area contributed by atoms with Gasteiger partial charge >= 0.3 is 0 Å². The van der Waals surface area contributed by atoms with E-state index in [2.05, 4.69) is 0 Å². The van der Waals surface area contributed by atoms with Crippen LogP contribution in [0.15, 0.2) is 29.2 Å². The third-order valence-electron chi connectivity index (χ3n) is 4.27. The molecular weight excluding hydrogens is 336 g/mol. The van der Waals surface area contributed by atoms with Gasteiger partial charge in [0.1, 0.15) is 0 Å². The van der Waals surface area contributed by atoms with Gasteiger partial charge < -0.3 is 5.73 Å². The number of piperidine rings is 1. The summed E-state index contributed by atoms with van der Waals surface area (Å²) < 4.78 is 49.8. The van der Waals surface area contributed by atoms with Crippen molar-refractivity contribution in [2.24, 2.45) is 11.7 Å². The lowest BCUT2D eigenvalue weighted by molar-refractivity contribution is 0.192. The minimum atomic E-state index is -3.61. The molecule has 1 aliphatic heterocycles. The van der Waals surface area contributed by atoms with Gasteiger partial charge in [0, 0.05) is 25.4 Å². The van der Waals surface area contributed by atoms with Gasteiger partial charge in [-0.2, -0.15) is 4.31 Å². The summed E-state index contributed by atoms with van der Waals surface area (Å²) >= 11 is 0. The Kier molecular flexibility index (Phi) is 5.50. The van der Waals surface area contributed by atoms with E-state index in [1.807, 2.05) is 6.92 Å². The van der Waals surface area contributed by atoms with Gasteiger partial charge in [0.2, 0.25) is 10.0 Å². The van der Waals surface area contributed by atoms with Crippen molar-refractivity contribution in [2.45, 2.75) is 36.5 Å². The van der Waals surface area contributed by atoms with E-state index in [0.29, 0.717) is 18.7 Å². The maximum Gasteiger partial charge on any atom is 0.243 e. The van der Waals surface area contributed by atoms with Crippen molar-refractivity contribution in [1.29, 1.82) is 0 Å². The molecule has 0 saturated carbocycles. The Labute approximate surface area is 138 Å². The van der Waals surface area contributed by atoms with Crippen LogP contribution in [-0.2, 0) is 25.6 Å². The van der Waals surface area contributed by atoms with Crippen LogP contribution in [0.1, 0.15) is 25.3 Å². The Hall–Kier alpha value is -0.960. The third kappa shape index (κ3) is 4.32. The molecule has 130 valence electrons. The summed E-state index contributed by atoms with van der Waals surface area (Å²) in [7, 11) is -6.76. The highest BCUT2D eigenvalue weighted by molar-refractivity contribution is 7.90. The third-order valence-corrected chi connectivity index (χ3v) is 7.06. The Balaban J connectivity index is 2.28. The summed E-state index contributed by atoms with van der Waals surface area (Å²) in [6.45, 7) is 2.79. The number of hydrogen-bond acceptors (Lipinski definition) is 5. The fourth-order valence-electron chi connectivity index (χ4n) is 3.06. The summed E-state index contributed by atoms with van der Waals surface area (Å²) in [5.74, 6) is 0.132. The molecule has 2 N–H and O–H groups in total. The smallest absolute Gasteiger partial charge is 0.243 e. The fraction of sp³-hybridized carbons (Fsp3) is 0.600. The molecule has 1 heterocycles. The lowest BCUT2D eigenvalue weighted by Gasteiger charge is -2.38. The highest BCUT2D eigenvalue weighted by Gasteiger charge is 2.36. The molecule has 8 heteroatoms. The molecule has 0 unspecified atom stereocenters. The largest absolute Gasteiger partial charge is 0.329 e. The Bertz CT molecular complexity index is 742. The summed E-state index contributed by atoms with van der Waals surface area (Å²) in [6, 6.07) is 5.87. The van der Waals surface area contributed by atoms with Gasteiger partial charge in [-0.1, -0.05) is 19.1 Å². The molecule has 1 aromatic carbocycles. The maximum atomic E-state index is 12.9. The maximum absolute atomic E-state index is 12.9. The Morgan fingerprint density at radius 3 is 2.30 bits per heavy atom. The molecule has 1 saturated heterocycles. The summed E-state index contributed by atoms with van der Waals surface area (Å²) in [5, 5.41) is 0. The molecule has 2 rings (SSSR count). The molecule has 0 aliphatic carbocycles. The zero-order chi connectivity index (χ0) is 17.3. The van der Waals surface area contributed by atoms with Crippen LogP contribution < -0.4 is 5.73 Å². The molecule has 1 fully saturated rings. The molecule has 1 aliphatic rings. The van der Waals surface area contributed by atoms with Crippen molar-refractivity contribution in [1.82, 2.24) is 4.31 Å². The van der Waals surface area contributed by atoms with Crippen LogP contribution in [0.4, 0.5) is 0 Å². The minimum Gasteiger partial charge on any atom is -0.329 e. The van der Waals surface area contributed by atoms with Gasteiger partial charge in [0.05, 0.1) is 10.6 Å². The van der Waals surface area contributed by atoms with Crippen molar-refractivity contribution < 1.29 is 16.8 Å². The summed E-state index contributed by atoms with van der Waals surface area (Å²) in [6.07, 6.45) is 2.95. The van der Waals surface area contributed by atoms with Gasteiger partial charge in [-0.05, 0) is 36.5 Å². The first-order valence-corrected chi connectivity index (χ1v) is 11.1. The zero-order valence-corrected chi connectivity index (χ0v) is 15.1. The van der Waals surface area contributed by atoms with E-state index in [1.165, 1.54) is 16.4 Å². The first kappa shape index (κ1) is 18.4. The lowest BCUT2D eigenvalue weighted by atomic mass is 9.93. The van der Waals surface area contributed by atoms with Crippen LogP contribution >= 0.6 is 0 Å². The number of rotatable bonds is 5. The molecule has 6 nitrogen and oxygen atoms in total. The number of hydrogen-bond donors (Lipinski definition) is 1. The predicted octanol–water partition coefficient (Wildman–Crippen LogP) is 0.979. The molecule has 0 amide bonds. The molecule has 2 atom stereocenters. The standard InChI is InChI=1S/C15H24N2O4S2/c1-12-4-3-9-17(15(12)10-16)23(20,21)14-7-5-13(6-8-14)11-22(2,18)19/h5-8,12,15H,3-4,9-11,16H2,1-2H3/t12-,15-/m0/s1. The molecule has 0 radical (unpaired) electrons. The predicted molar refractivity (Wildman–Crippen MR) is 90.1 cm³/mol. The zero-order valence-electron chi connectivity index (χ0n) is 13.5. The first-order chi connectivity index (χ1) is 10.6. The van der Waals surface area contributed by atoms with E-state index in [9.17, 15) is 16.8 Å². The average Bonchev–Trinajstić information content (AvgIpc) is 2.45. The van der Waals surface area contributed by atoms with Crippen LogP contribution in [0.5, 0.6) is 0 Å². The van der Waals surface area contributed by atoms with E-state index in [-0.39, 0.29) is 22.6 Å². The number of nitrogens with two attached hydrogens (primary N) is 1. The van der Waals surface area contributed by atoms with Crippen LogP contribution in [0.3, 0.4) is 0 Å². The topological polar surface area (TPSA) is 97.5 Å². The molecule has 0 aromatic heterocycles. The average molecular weight is 361 g/mol. The molecule has 0 spiro atoms. The second-order valence-corrected chi connectivity index (χ2v) is 10.3. The molecule has 1 aromatic rings. The van der Waals surface area contributed by atoms with Gasteiger partial charge in [-0.3, -0.25) is 0 Å². The number of sulfone groups is 1. The van der Waals surface area contributed by atoms with Crippen molar-refractivity contribution in [3.05, 3.63) is 29.8 Å². The highest BCUT2D eigenvalue weighted by atomic mass is 32.2. The van der Waals surface area contributed by atoms with E-state index >= 15 is 0 Å². The Morgan fingerprint density at radius 2 is 1.78 bits per heavy atom. The van der Waals surface area contributed by atoms with Crippen molar-refractivity contribution in [3.63, 3.8) is 0 Å². The van der Waals surface area contributed by atoms with Crippen LogP contribution in [-0.4, -0.2) is 46.5 Å². The molecular formula is C15H24N2O4S2. The van der Waals surface area contributed by atoms with E-state index in [1.54, 1.807) is 12.1 Å². The van der Waals surface area contributed by atoms with Crippen molar-refractivity contribution in [3.8, 4) is 0 Å². The van der Waals surface area contributed by atoms with E-state index in [0.717, 1.165) is 19.1 Å². The fourth-order valence-corrected chi connectivity index (χ4v) is 5.62. The van der Waals surface area contributed by atoms with Crippen LogP contribution in [0.25, 0.3) is 0 Å². The Morgan fingerprint density at radius 1 is 1.17 bits per heavy atom. The highest BCUT2D eigenvalue weighted by Crippen LogP contribution is 2.28. The number of benzene rings is 1. The van der Waals surface area contributed by atoms with Crippen molar-refractivity contribution in [2.75, 3.05) is 19.3 Å². The first-order valence-electron chi connectivity index (χ1n) is 7.64. The normalized spacial score (nSPS) is 23.8. The second-order valence-electron chi connectivity index (χ2n) is 6.25.